The molecule has 0 aliphatic heterocycles. The van der Waals surface area contributed by atoms with E-state index in [2.05, 4.69) is 54.6 Å². The predicted octanol–water partition coefficient (Wildman–Crippen LogP) is 6.02. The zero-order valence-electron chi connectivity index (χ0n) is 14.0. The molecule has 0 aliphatic carbocycles. The number of hydrogen-bond donors (Lipinski definition) is 0. The fraction of sp³-hybridized carbons (Fsp3) is 0.182. The first-order chi connectivity index (χ1) is 11.7. The van der Waals surface area contributed by atoms with Crippen LogP contribution in [0.2, 0.25) is 0 Å². The number of rotatable bonds is 4. The molecular weight excluding hydrogens is 296 g/mol. The van der Waals surface area contributed by atoms with E-state index in [1.807, 2.05) is 26.0 Å². The van der Waals surface area contributed by atoms with Gasteiger partial charge in [-0.1, -0.05) is 42.5 Å². The third kappa shape index (κ3) is 2.88. The molecule has 2 aromatic carbocycles. The second-order valence-corrected chi connectivity index (χ2v) is 6.34. The molecule has 0 unspecified atom stereocenters. The maximum Gasteiger partial charge on any atom is 0.115 e. The Bertz CT molecular complexity index is 934. The second kappa shape index (κ2) is 6.04. The van der Waals surface area contributed by atoms with E-state index in [0.717, 1.165) is 29.5 Å². The molecule has 0 aliphatic rings. The van der Waals surface area contributed by atoms with Gasteiger partial charge in [0.25, 0.3) is 0 Å². The van der Waals surface area contributed by atoms with E-state index >= 15 is 0 Å². The van der Waals surface area contributed by atoms with Gasteiger partial charge in [0.2, 0.25) is 0 Å². The summed E-state index contributed by atoms with van der Waals surface area (Å²) in [5, 5.41) is 2.53. The monoisotopic (exact) mass is 316 g/mol. The van der Waals surface area contributed by atoms with Crippen LogP contribution in [0, 0.1) is 13.8 Å². The fourth-order valence-electron chi connectivity index (χ4n) is 3.22. The van der Waals surface area contributed by atoms with Crippen molar-refractivity contribution in [3.63, 3.8) is 0 Å². The van der Waals surface area contributed by atoms with E-state index in [1.165, 1.54) is 16.3 Å². The van der Waals surface area contributed by atoms with E-state index in [-0.39, 0.29) is 5.92 Å². The molecule has 0 atom stereocenters. The van der Waals surface area contributed by atoms with Crippen LogP contribution in [0.25, 0.3) is 10.8 Å². The highest BCUT2D eigenvalue weighted by Crippen LogP contribution is 2.32. The van der Waals surface area contributed by atoms with Crippen LogP contribution < -0.4 is 0 Å². The highest BCUT2D eigenvalue weighted by molar-refractivity contribution is 5.83. The summed E-state index contributed by atoms with van der Waals surface area (Å²) in [6, 6.07) is 23.2. The number of aryl methyl sites for hydroxylation is 2. The minimum absolute atomic E-state index is 0.0913. The SMILES string of the molecule is Cc1ccc(C(Cc2ccc3ccccc3c2)c2ccc(C)o2)o1. The van der Waals surface area contributed by atoms with Gasteiger partial charge in [0.05, 0.1) is 5.92 Å². The number of hydrogen-bond acceptors (Lipinski definition) is 2. The molecule has 2 nitrogen and oxygen atoms in total. The lowest BCUT2D eigenvalue weighted by Gasteiger charge is -2.13. The lowest BCUT2D eigenvalue weighted by Crippen LogP contribution is -2.03. The first-order valence-corrected chi connectivity index (χ1v) is 8.29. The van der Waals surface area contributed by atoms with E-state index in [0.29, 0.717) is 0 Å². The molecule has 2 heteroatoms. The van der Waals surface area contributed by atoms with Crippen molar-refractivity contribution in [2.45, 2.75) is 26.2 Å². The van der Waals surface area contributed by atoms with E-state index in [1.54, 1.807) is 0 Å². The van der Waals surface area contributed by atoms with Crippen LogP contribution in [0.1, 0.15) is 34.5 Å². The Balaban J connectivity index is 1.72. The number of furan rings is 2. The summed E-state index contributed by atoms with van der Waals surface area (Å²) in [5.41, 5.74) is 1.28. The van der Waals surface area contributed by atoms with Crippen LogP contribution in [0.5, 0.6) is 0 Å². The van der Waals surface area contributed by atoms with E-state index in [9.17, 15) is 0 Å². The van der Waals surface area contributed by atoms with Crippen LogP contribution in [0.3, 0.4) is 0 Å². The van der Waals surface area contributed by atoms with Crippen molar-refractivity contribution in [2.75, 3.05) is 0 Å². The predicted molar refractivity (Wildman–Crippen MR) is 96.4 cm³/mol. The van der Waals surface area contributed by atoms with Crippen molar-refractivity contribution < 1.29 is 8.83 Å². The Morgan fingerprint density at radius 3 is 1.92 bits per heavy atom. The summed E-state index contributed by atoms with van der Waals surface area (Å²) in [6.07, 6.45) is 0.852. The molecule has 24 heavy (non-hydrogen) atoms. The summed E-state index contributed by atoms with van der Waals surface area (Å²) in [7, 11) is 0. The van der Waals surface area contributed by atoms with Crippen molar-refractivity contribution in [3.05, 3.63) is 95.3 Å². The smallest absolute Gasteiger partial charge is 0.115 e. The van der Waals surface area contributed by atoms with E-state index < -0.39 is 0 Å². The molecule has 0 fully saturated rings. The van der Waals surface area contributed by atoms with Crippen LogP contribution >= 0.6 is 0 Å². The molecule has 0 amide bonds. The molecular formula is C22H20O2. The summed E-state index contributed by atoms with van der Waals surface area (Å²) in [6.45, 7) is 3.95. The zero-order chi connectivity index (χ0) is 16.5. The van der Waals surface area contributed by atoms with Gasteiger partial charge in [0.1, 0.15) is 23.0 Å². The van der Waals surface area contributed by atoms with Crippen molar-refractivity contribution in [1.82, 2.24) is 0 Å². The van der Waals surface area contributed by atoms with Crippen molar-refractivity contribution in [2.24, 2.45) is 0 Å². The number of benzene rings is 2. The molecule has 0 saturated carbocycles. The van der Waals surface area contributed by atoms with Gasteiger partial charge in [0.15, 0.2) is 0 Å². The maximum absolute atomic E-state index is 5.91. The topological polar surface area (TPSA) is 26.3 Å². The van der Waals surface area contributed by atoms with Crippen LogP contribution in [-0.2, 0) is 6.42 Å². The Morgan fingerprint density at radius 2 is 1.33 bits per heavy atom. The standard InChI is InChI=1S/C22H20O2/c1-15-7-11-21(23-15)20(22-12-8-16(2)24-22)14-17-9-10-18-5-3-4-6-19(18)13-17/h3-13,20H,14H2,1-2H3. The van der Waals surface area contributed by atoms with Gasteiger partial charge in [-0.2, -0.15) is 0 Å². The van der Waals surface area contributed by atoms with Crippen molar-refractivity contribution in [1.29, 1.82) is 0 Å². The molecule has 4 aromatic rings. The first-order valence-electron chi connectivity index (χ1n) is 8.29. The molecule has 0 spiro atoms. The molecule has 0 saturated heterocycles. The van der Waals surface area contributed by atoms with Gasteiger partial charge in [-0.05, 0) is 60.9 Å². The molecule has 0 N–H and O–H groups in total. The zero-order valence-corrected chi connectivity index (χ0v) is 14.0. The Hall–Kier alpha value is -2.74. The average molecular weight is 316 g/mol. The summed E-state index contributed by atoms with van der Waals surface area (Å²) >= 11 is 0. The largest absolute Gasteiger partial charge is 0.466 e. The lowest BCUT2D eigenvalue weighted by atomic mass is 9.93. The molecule has 2 heterocycles. The highest BCUT2D eigenvalue weighted by Gasteiger charge is 2.21. The summed E-state index contributed by atoms with van der Waals surface area (Å²) in [4.78, 5) is 0. The van der Waals surface area contributed by atoms with Gasteiger partial charge in [-0.15, -0.1) is 0 Å². The van der Waals surface area contributed by atoms with Crippen LogP contribution in [0.15, 0.2) is 75.6 Å². The highest BCUT2D eigenvalue weighted by atomic mass is 16.4. The Kier molecular flexibility index (Phi) is 3.73. The molecule has 0 radical (unpaired) electrons. The van der Waals surface area contributed by atoms with Crippen molar-refractivity contribution >= 4 is 10.8 Å². The van der Waals surface area contributed by atoms with Gasteiger partial charge >= 0.3 is 0 Å². The van der Waals surface area contributed by atoms with Crippen molar-refractivity contribution in [3.8, 4) is 0 Å². The van der Waals surface area contributed by atoms with Crippen LogP contribution in [-0.4, -0.2) is 0 Å². The third-order valence-electron chi connectivity index (χ3n) is 4.46. The molecule has 120 valence electrons. The third-order valence-corrected chi connectivity index (χ3v) is 4.46. The normalized spacial score (nSPS) is 11.5. The molecule has 4 rings (SSSR count). The number of fused-ring (bicyclic) bond motifs is 1. The van der Waals surface area contributed by atoms with Gasteiger partial charge in [-0.3, -0.25) is 0 Å². The van der Waals surface area contributed by atoms with Gasteiger partial charge in [0, 0.05) is 0 Å². The maximum atomic E-state index is 5.91. The Labute approximate surface area is 141 Å². The first kappa shape index (κ1) is 14.8. The fourth-order valence-corrected chi connectivity index (χ4v) is 3.22. The van der Waals surface area contributed by atoms with E-state index in [4.69, 9.17) is 8.83 Å². The summed E-state index contributed by atoms with van der Waals surface area (Å²) < 4.78 is 11.8. The lowest BCUT2D eigenvalue weighted by molar-refractivity contribution is 0.407. The molecule has 0 bridgehead atoms. The average Bonchev–Trinajstić information content (AvgIpc) is 3.21. The van der Waals surface area contributed by atoms with Gasteiger partial charge < -0.3 is 8.83 Å². The quantitative estimate of drug-likeness (QED) is 0.460. The second-order valence-electron chi connectivity index (χ2n) is 6.34. The minimum atomic E-state index is 0.0913. The minimum Gasteiger partial charge on any atom is -0.466 e. The molecule has 2 aromatic heterocycles. The Morgan fingerprint density at radius 1 is 0.708 bits per heavy atom. The van der Waals surface area contributed by atoms with Gasteiger partial charge in [-0.25, -0.2) is 0 Å². The van der Waals surface area contributed by atoms with Crippen LogP contribution in [0.4, 0.5) is 0 Å². The summed E-state index contributed by atoms with van der Waals surface area (Å²) in [5.74, 6) is 3.85.